The van der Waals surface area contributed by atoms with Gasteiger partial charge in [-0.2, -0.15) is 0 Å². The second-order valence-corrected chi connectivity index (χ2v) is 8.88. The summed E-state index contributed by atoms with van der Waals surface area (Å²) in [7, 11) is 0. The molecule has 4 atom stereocenters. The highest BCUT2D eigenvalue weighted by atomic mass is 32.1. The molecule has 1 fully saturated rings. The van der Waals surface area contributed by atoms with E-state index in [2.05, 4.69) is 10.6 Å². The summed E-state index contributed by atoms with van der Waals surface area (Å²) in [6, 6.07) is 1.24. The highest BCUT2D eigenvalue weighted by molar-refractivity contribution is 7.10. The minimum Gasteiger partial charge on any atom is -0.393 e. The molecule has 1 saturated heterocycles. The van der Waals surface area contributed by atoms with E-state index in [0.29, 0.717) is 31.4 Å². The maximum atomic E-state index is 12.7. The van der Waals surface area contributed by atoms with Gasteiger partial charge in [-0.3, -0.25) is 15.0 Å². The van der Waals surface area contributed by atoms with E-state index >= 15 is 0 Å². The van der Waals surface area contributed by atoms with Gasteiger partial charge in [-0.1, -0.05) is 0 Å². The van der Waals surface area contributed by atoms with Crippen LogP contribution in [0.25, 0.3) is 0 Å². The molecule has 168 valence electrons. The number of rotatable bonds is 11. The molecule has 1 aliphatic rings. The molecule has 2 heterocycles. The maximum Gasteiger partial charge on any atom is 0.243 e. The first kappa shape index (κ1) is 24.3. The van der Waals surface area contributed by atoms with Crippen molar-refractivity contribution < 1.29 is 19.8 Å². The largest absolute Gasteiger partial charge is 0.393 e. The van der Waals surface area contributed by atoms with E-state index in [9.17, 15) is 19.8 Å². The van der Waals surface area contributed by atoms with Crippen molar-refractivity contribution in [3.8, 4) is 0 Å². The molecule has 1 aromatic heterocycles. The summed E-state index contributed by atoms with van der Waals surface area (Å²) in [5, 5.41) is 34.2. The topological polar surface area (TPSA) is 152 Å². The van der Waals surface area contributed by atoms with Crippen LogP contribution in [0.1, 0.15) is 50.0 Å². The van der Waals surface area contributed by atoms with E-state index < -0.39 is 18.2 Å². The van der Waals surface area contributed by atoms with Gasteiger partial charge in [-0.25, -0.2) is 0 Å². The summed E-state index contributed by atoms with van der Waals surface area (Å²) >= 11 is 1.42. The molecule has 0 radical (unpaired) electrons. The van der Waals surface area contributed by atoms with Crippen molar-refractivity contribution in [1.29, 1.82) is 5.41 Å². The number of hydrogen-bond donors (Lipinski definition) is 6. The fraction of sp³-hybridized carbons (Fsp3) is 0.650. The number of thiophene rings is 1. The third-order valence-corrected chi connectivity index (χ3v) is 6.17. The SMILES string of the molecule is CC(O)CCC(O)CNCC(=O)N1C(C)CCC1C(=O)NCc1cc(C(=N)N)cs1. The van der Waals surface area contributed by atoms with Crippen LogP contribution >= 0.6 is 11.3 Å². The average molecular weight is 440 g/mol. The first-order valence-corrected chi connectivity index (χ1v) is 11.1. The predicted molar refractivity (Wildman–Crippen MR) is 116 cm³/mol. The van der Waals surface area contributed by atoms with Crippen LogP contribution in [-0.4, -0.2) is 70.1 Å². The summed E-state index contributed by atoms with van der Waals surface area (Å²) in [5.74, 6) is -0.367. The lowest BCUT2D eigenvalue weighted by atomic mass is 10.1. The Morgan fingerprint density at radius 1 is 1.37 bits per heavy atom. The molecule has 0 aliphatic carbocycles. The molecule has 1 aliphatic heterocycles. The molecule has 4 unspecified atom stereocenters. The normalized spacial score (nSPS) is 20.7. The minimum absolute atomic E-state index is 0.00583. The van der Waals surface area contributed by atoms with Crippen LogP contribution in [0.15, 0.2) is 11.4 Å². The van der Waals surface area contributed by atoms with Gasteiger partial charge in [-0.15, -0.1) is 11.3 Å². The van der Waals surface area contributed by atoms with Crippen molar-refractivity contribution in [2.75, 3.05) is 13.1 Å². The summed E-state index contributed by atoms with van der Waals surface area (Å²) in [5.41, 5.74) is 6.10. The van der Waals surface area contributed by atoms with Gasteiger partial charge in [0, 0.05) is 28.4 Å². The predicted octanol–water partition coefficient (Wildman–Crippen LogP) is 0.139. The second kappa shape index (κ2) is 11.4. The summed E-state index contributed by atoms with van der Waals surface area (Å²) in [6.45, 7) is 4.24. The molecule has 0 saturated carbocycles. The van der Waals surface area contributed by atoms with Gasteiger partial charge < -0.3 is 31.5 Å². The molecule has 30 heavy (non-hydrogen) atoms. The first-order chi connectivity index (χ1) is 14.2. The van der Waals surface area contributed by atoms with Crippen molar-refractivity contribution in [2.24, 2.45) is 5.73 Å². The van der Waals surface area contributed by atoms with Crippen molar-refractivity contribution in [1.82, 2.24) is 15.5 Å². The number of nitrogens with one attached hydrogen (secondary N) is 3. The summed E-state index contributed by atoms with van der Waals surface area (Å²) < 4.78 is 0. The number of amidine groups is 1. The Balaban J connectivity index is 1.82. The summed E-state index contributed by atoms with van der Waals surface area (Å²) in [6.07, 6.45) is 1.23. The van der Waals surface area contributed by atoms with Crippen molar-refractivity contribution >= 4 is 29.0 Å². The van der Waals surface area contributed by atoms with Gasteiger partial charge in [-0.05, 0) is 45.6 Å². The fourth-order valence-corrected chi connectivity index (χ4v) is 4.36. The fourth-order valence-electron chi connectivity index (χ4n) is 3.54. The molecular weight excluding hydrogens is 406 g/mol. The number of carbonyl (C=O) groups is 2. The number of carbonyl (C=O) groups excluding carboxylic acids is 2. The Morgan fingerprint density at radius 2 is 2.10 bits per heavy atom. The Labute approximate surface area is 181 Å². The third kappa shape index (κ3) is 7.05. The van der Waals surface area contributed by atoms with Gasteiger partial charge in [0.25, 0.3) is 0 Å². The number of likely N-dealkylation sites (tertiary alicyclic amines) is 1. The van der Waals surface area contributed by atoms with Gasteiger partial charge in [0.2, 0.25) is 11.8 Å². The molecule has 7 N–H and O–H groups in total. The van der Waals surface area contributed by atoms with Crippen LogP contribution in [0.2, 0.25) is 0 Å². The number of nitrogens with two attached hydrogens (primary N) is 1. The molecule has 2 amide bonds. The Morgan fingerprint density at radius 3 is 2.73 bits per heavy atom. The number of hydrogen-bond acceptors (Lipinski definition) is 7. The average Bonchev–Trinajstić information content (AvgIpc) is 3.31. The van der Waals surface area contributed by atoms with Crippen LogP contribution < -0.4 is 16.4 Å². The molecule has 0 aromatic carbocycles. The van der Waals surface area contributed by atoms with Gasteiger partial charge in [0.15, 0.2) is 0 Å². The van der Waals surface area contributed by atoms with Crippen LogP contribution in [0.4, 0.5) is 0 Å². The van der Waals surface area contributed by atoms with E-state index in [4.69, 9.17) is 11.1 Å². The maximum absolute atomic E-state index is 12.7. The molecule has 10 heteroatoms. The van der Waals surface area contributed by atoms with E-state index in [-0.39, 0.29) is 36.8 Å². The molecule has 0 bridgehead atoms. The van der Waals surface area contributed by atoms with Gasteiger partial charge in [0.1, 0.15) is 11.9 Å². The monoisotopic (exact) mass is 439 g/mol. The molecule has 9 nitrogen and oxygen atoms in total. The van der Waals surface area contributed by atoms with Crippen molar-refractivity contribution in [3.63, 3.8) is 0 Å². The quantitative estimate of drug-likeness (QED) is 0.213. The highest BCUT2D eigenvalue weighted by Crippen LogP contribution is 2.24. The van der Waals surface area contributed by atoms with Crippen molar-refractivity contribution in [2.45, 2.75) is 70.4 Å². The van der Waals surface area contributed by atoms with E-state index in [1.807, 2.05) is 6.92 Å². The molecule has 1 aromatic rings. The zero-order valence-electron chi connectivity index (χ0n) is 17.6. The van der Waals surface area contributed by atoms with Crippen LogP contribution in [0, 0.1) is 5.41 Å². The Bertz CT molecular complexity index is 739. The molecule has 0 spiro atoms. The van der Waals surface area contributed by atoms with Crippen LogP contribution in [-0.2, 0) is 16.1 Å². The van der Waals surface area contributed by atoms with E-state index in [1.165, 1.54) is 11.3 Å². The van der Waals surface area contributed by atoms with Crippen molar-refractivity contribution in [3.05, 3.63) is 21.9 Å². The zero-order chi connectivity index (χ0) is 22.3. The molecular formula is C20H33N5O4S. The Hall–Kier alpha value is -2.01. The number of aliphatic hydroxyl groups excluding tert-OH is 2. The first-order valence-electron chi connectivity index (χ1n) is 10.3. The van der Waals surface area contributed by atoms with Gasteiger partial charge in [0.05, 0.1) is 25.3 Å². The lowest BCUT2D eigenvalue weighted by Crippen LogP contribution is -2.51. The van der Waals surface area contributed by atoms with Crippen LogP contribution in [0.3, 0.4) is 0 Å². The van der Waals surface area contributed by atoms with Gasteiger partial charge >= 0.3 is 0 Å². The number of nitrogen functional groups attached to an aromatic ring is 1. The minimum atomic E-state index is -0.631. The zero-order valence-corrected chi connectivity index (χ0v) is 18.4. The van der Waals surface area contributed by atoms with E-state index in [0.717, 1.165) is 11.3 Å². The number of nitrogens with zero attached hydrogens (tertiary/aromatic N) is 1. The van der Waals surface area contributed by atoms with E-state index in [1.54, 1.807) is 23.3 Å². The smallest absolute Gasteiger partial charge is 0.243 e. The second-order valence-electron chi connectivity index (χ2n) is 7.89. The number of aliphatic hydroxyl groups is 2. The third-order valence-electron chi connectivity index (χ3n) is 5.23. The lowest BCUT2D eigenvalue weighted by Gasteiger charge is -2.28. The lowest BCUT2D eigenvalue weighted by molar-refractivity contribution is -0.139. The number of amides is 2. The van der Waals surface area contributed by atoms with Crippen LogP contribution in [0.5, 0.6) is 0 Å². The molecule has 2 rings (SSSR count). The highest BCUT2D eigenvalue weighted by Gasteiger charge is 2.38. The summed E-state index contributed by atoms with van der Waals surface area (Å²) in [4.78, 5) is 27.9. The Kier molecular flexibility index (Phi) is 9.22. The standard InChI is InChI=1S/C20H33N5O4S/c1-12-3-6-17(20(29)24-9-16-7-14(11-30-16)19(21)22)25(12)18(28)10-23-8-15(27)5-4-13(2)26/h7,11-13,15,17,23,26-27H,3-6,8-10H2,1-2H3,(H3,21,22)(H,24,29).